The molecule has 0 bridgehead atoms. The van der Waals surface area contributed by atoms with Crippen molar-refractivity contribution in [1.82, 2.24) is 9.97 Å². The first kappa shape index (κ1) is 20.0. The number of aromatic nitrogens is 2. The summed E-state index contributed by atoms with van der Waals surface area (Å²) in [5.41, 5.74) is 3.06. The molecule has 3 aromatic rings. The first-order valence-electron chi connectivity index (χ1n) is 9.15. The number of aryl methyl sites for hydroxylation is 1. The number of carbonyl (C=O) groups is 2. The number of carboxylic acids is 1. The van der Waals surface area contributed by atoms with E-state index >= 15 is 0 Å². The van der Waals surface area contributed by atoms with Crippen molar-refractivity contribution in [1.29, 1.82) is 0 Å². The highest BCUT2D eigenvalue weighted by molar-refractivity contribution is 5.94. The van der Waals surface area contributed by atoms with Crippen molar-refractivity contribution >= 4 is 17.8 Å². The molecule has 0 atom stereocenters. The van der Waals surface area contributed by atoms with Gasteiger partial charge in [-0.15, -0.1) is 0 Å². The average molecular weight is 391 g/mol. The zero-order valence-electron chi connectivity index (χ0n) is 16.2. The van der Waals surface area contributed by atoms with Gasteiger partial charge >= 0.3 is 11.9 Å². The fraction of sp³-hybridized carbons (Fsp3) is 0.182. The molecule has 0 aliphatic carbocycles. The minimum atomic E-state index is -0.997. The van der Waals surface area contributed by atoms with E-state index in [0.717, 1.165) is 16.7 Å². The number of nitrogens with one attached hydrogen (secondary N) is 1. The molecule has 0 amide bonds. The maximum absolute atomic E-state index is 12.3. The summed E-state index contributed by atoms with van der Waals surface area (Å²) in [4.78, 5) is 32.3. The summed E-state index contributed by atoms with van der Waals surface area (Å²) >= 11 is 0. The Labute approximate surface area is 168 Å². The van der Waals surface area contributed by atoms with Gasteiger partial charge in [0.15, 0.2) is 5.82 Å². The molecule has 0 saturated heterocycles. The van der Waals surface area contributed by atoms with Crippen molar-refractivity contribution in [3.8, 4) is 11.4 Å². The topological polar surface area (TPSA) is 101 Å². The number of nitrogens with zero attached hydrogens (tertiary/aromatic N) is 2. The van der Waals surface area contributed by atoms with Gasteiger partial charge in [0.1, 0.15) is 11.4 Å². The number of aromatic carboxylic acids is 1. The number of carbonyl (C=O) groups excluding carboxylic acids is 1. The fourth-order valence-electron chi connectivity index (χ4n) is 2.80. The molecule has 2 N–H and O–H groups in total. The lowest BCUT2D eigenvalue weighted by Gasteiger charge is -2.12. The molecule has 3 rings (SSSR count). The lowest BCUT2D eigenvalue weighted by molar-refractivity contribution is 0.0526. The van der Waals surface area contributed by atoms with Crippen LogP contribution in [0.3, 0.4) is 0 Å². The average Bonchev–Trinajstić information content (AvgIpc) is 2.72. The SMILES string of the molecule is CCOC(=O)c1cnc(-c2cccc(C)c2)nc1NCc1cccc(C(=O)O)c1. The van der Waals surface area contributed by atoms with E-state index in [0.29, 0.717) is 11.6 Å². The van der Waals surface area contributed by atoms with Crippen LogP contribution >= 0.6 is 0 Å². The van der Waals surface area contributed by atoms with Crippen LogP contribution in [0.15, 0.2) is 54.7 Å². The Morgan fingerprint density at radius 1 is 1.14 bits per heavy atom. The first-order chi connectivity index (χ1) is 14.0. The Bertz CT molecular complexity index is 1050. The van der Waals surface area contributed by atoms with Crippen LogP contribution in [0.25, 0.3) is 11.4 Å². The molecule has 0 aliphatic rings. The number of ether oxygens (including phenoxy) is 1. The molecule has 2 aromatic carbocycles. The van der Waals surface area contributed by atoms with Crippen LogP contribution in [0.5, 0.6) is 0 Å². The molecule has 0 unspecified atom stereocenters. The minimum absolute atomic E-state index is 0.193. The molecule has 0 saturated carbocycles. The summed E-state index contributed by atoms with van der Waals surface area (Å²) < 4.78 is 5.10. The fourth-order valence-corrected chi connectivity index (χ4v) is 2.80. The summed E-state index contributed by atoms with van der Waals surface area (Å²) in [5, 5.41) is 12.3. The highest BCUT2D eigenvalue weighted by Gasteiger charge is 2.17. The predicted molar refractivity (Wildman–Crippen MR) is 109 cm³/mol. The summed E-state index contributed by atoms with van der Waals surface area (Å²) in [6.07, 6.45) is 1.44. The standard InChI is InChI=1S/C22H21N3O4/c1-3-29-22(28)18-13-24-19(16-8-4-6-14(2)10-16)25-20(18)23-12-15-7-5-9-17(11-15)21(26)27/h4-11,13H,3,12H2,1-2H3,(H,26,27)(H,23,24,25). The highest BCUT2D eigenvalue weighted by atomic mass is 16.5. The predicted octanol–water partition coefficient (Wildman–Crippen LogP) is 3.94. The van der Waals surface area contributed by atoms with E-state index in [1.165, 1.54) is 12.3 Å². The lowest BCUT2D eigenvalue weighted by atomic mass is 10.1. The van der Waals surface area contributed by atoms with Gasteiger partial charge in [-0.2, -0.15) is 0 Å². The molecule has 29 heavy (non-hydrogen) atoms. The zero-order chi connectivity index (χ0) is 20.8. The van der Waals surface area contributed by atoms with Gasteiger partial charge < -0.3 is 15.2 Å². The van der Waals surface area contributed by atoms with Crippen LogP contribution in [0.4, 0.5) is 5.82 Å². The monoisotopic (exact) mass is 391 g/mol. The smallest absolute Gasteiger partial charge is 0.343 e. The number of rotatable bonds is 7. The molecule has 1 heterocycles. The van der Waals surface area contributed by atoms with Crippen LogP contribution in [0, 0.1) is 6.92 Å². The molecule has 0 fully saturated rings. The van der Waals surface area contributed by atoms with E-state index in [4.69, 9.17) is 9.84 Å². The highest BCUT2D eigenvalue weighted by Crippen LogP contribution is 2.22. The van der Waals surface area contributed by atoms with Gasteiger partial charge in [0.05, 0.1) is 12.2 Å². The van der Waals surface area contributed by atoms with Crippen molar-refractivity contribution in [3.63, 3.8) is 0 Å². The normalized spacial score (nSPS) is 10.4. The van der Waals surface area contributed by atoms with Gasteiger partial charge in [-0.3, -0.25) is 0 Å². The first-order valence-corrected chi connectivity index (χ1v) is 9.15. The maximum atomic E-state index is 12.3. The number of hydrogen-bond donors (Lipinski definition) is 2. The number of benzene rings is 2. The second-order valence-electron chi connectivity index (χ2n) is 6.40. The van der Waals surface area contributed by atoms with Crippen molar-refractivity contribution in [2.45, 2.75) is 20.4 Å². The number of esters is 1. The molecule has 0 radical (unpaired) electrons. The third-order valence-corrected chi connectivity index (χ3v) is 4.19. The van der Waals surface area contributed by atoms with Crippen LogP contribution in [0.2, 0.25) is 0 Å². The summed E-state index contributed by atoms with van der Waals surface area (Å²) in [6.45, 7) is 4.23. The Morgan fingerprint density at radius 3 is 2.66 bits per heavy atom. The largest absolute Gasteiger partial charge is 0.478 e. The minimum Gasteiger partial charge on any atom is -0.478 e. The molecule has 0 aliphatic heterocycles. The zero-order valence-corrected chi connectivity index (χ0v) is 16.2. The van der Waals surface area contributed by atoms with E-state index in [1.54, 1.807) is 25.1 Å². The van der Waals surface area contributed by atoms with E-state index < -0.39 is 11.9 Å². The summed E-state index contributed by atoms with van der Waals surface area (Å²) in [5.74, 6) is -0.716. The Morgan fingerprint density at radius 2 is 1.93 bits per heavy atom. The van der Waals surface area contributed by atoms with Gasteiger partial charge in [0.2, 0.25) is 0 Å². The Balaban J connectivity index is 1.93. The van der Waals surface area contributed by atoms with Gasteiger partial charge in [-0.1, -0.05) is 35.9 Å². The van der Waals surface area contributed by atoms with Crippen molar-refractivity contribution in [2.75, 3.05) is 11.9 Å². The lowest BCUT2D eigenvalue weighted by Crippen LogP contribution is -2.13. The number of anilines is 1. The van der Waals surface area contributed by atoms with E-state index in [9.17, 15) is 9.59 Å². The molecule has 0 spiro atoms. The molecule has 7 heteroatoms. The van der Waals surface area contributed by atoms with Crippen LogP contribution < -0.4 is 5.32 Å². The van der Waals surface area contributed by atoms with Crippen LogP contribution in [-0.2, 0) is 11.3 Å². The van der Waals surface area contributed by atoms with Crippen molar-refractivity contribution < 1.29 is 19.4 Å². The van der Waals surface area contributed by atoms with Gasteiger partial charge in [-0.05, 0) is 37.6 Å². The third-order valence-electron chi connectivity index (χ3n) is 4.19. The summed E-state index contributed by atoms with van der Waals surface area (Å²) in [6, 6.07) is 14.3. The van der Waals surface area contributed by atoms with Gasteiger partial charge in [0, 0.05) is 18.3 Å². The van der Waals surface area contributed by atoms with Crippen molar-refractivity contribution in [3.05, 3.63) is 77.0 Å². The van der Waals surface area contributed by atoms with Gasteiger partial charge in [0.25, 0.3) is 0 Å². The van der Waals surface area contributed by atoms with Crippen molar-refractivity contribution in [2.24, 2.45) is 0 Å². The molecule has 148 valence electrons. The third kappa shape index (κ3) is 4.95. The van der Waals surface area contributed by atoms with Crippen LogP contribution in [-0.4, -0.2) is 33.6 Å². The number of carboxylic acid groups (broad SMARTS) is 1. The maximum Gasteiger partial charge on any atom is 0.343 e. The Hall–Kier alpha value is -3.74. The Kier molecular flexibility index (Phi) is 6.19. The van der Waals surface area contributed by atoms with Crippen LogP contribution in [0.1, 0.15) is 38.8 Å². The second kappa shape index (κ2) is 8.97. The van der Waals surface area contributed by atoms with Gasteiger partial charge in [-0.25, -0.2) is 19.6 Å². The molecular formula is C22H21N3O4. The quantitative estimate of drug-likeness (QED) is 0.588. The van der Waals surface area contributed by atoms with E-state index in [2.05, 4.69) is 15.3 Å². The second-order valence-corrected chi connectivity index (χ2v) is 6.40. The summed E-state index contributed by atoms with van der Waals surface area (Å²) in [7, 11) is 0. The van der Waals surface area contributed by atoms with E-state index in [-0.39, 0.29) is 24.3 Å². The molecule has 7 nitrogen and oxygen atoms in total. The number of hydrogen-bond acceptors (Lipinski definition) is 6. The molecular weight excluding hydrogens is 370 g/mol. The molecule has 1 aromatic heterocycles. The van der Waals surface area contributed by atoms with E-state index in [1.807, 2.05) is 31.2 Å².